The largest absolute Gasteiger partial charge is 0.336 e. The first-order valence-corrected chi connectivity index (χ1v) is 6.38. The van der Waals surface area contributed by atoms with Crippen LogP contribution < -0.4 is 5.73 Å². The second-order valence-electron chi connectivity index (χ2n) is 4.78. The number of rotatable bonds is 2. The minimum atomic E-state index is -0.00527. The summed E-state index contributed by atoms with van der Waals surface area (Å²) in [7, 11) is 0. The Kier molecular flexibility index (Phi) is 3.05. The van der Waals surface area contributed by atoms with Gasteiger partial charge in [0.2, 0.25) is 0 Å². The Hall–Kier alpha value is -2.14. The molecule has 1 fully saturated rings. The molecule has 1 aromatic carbocycles. The van der Waals surface area contributed by atoms with Crippen LogP contribution in [0.25, 0.3) is 5.69 Å². The van der Waals surface area contributed by atoms with Gasteiger partial charge in [0.15, 0.2) is 0 Å². The van der Waals surface area contributed by atoms with Crippen molar-refractivity contribution in [1.29, 1.82) is 0 Å². The maximum atomic E-state index is 12.5. The topological polar surface area (TPSA) is 64.2 Å². The molecular weight excluding hydrogens is 240 g/mol. The molecule has 1 amide bonds. The summed E-state index contributed by atoms with van der Waals surface area (Å²) < 4.78 is 1.81. The van der Waals surface area contributed by atoms with Gasteiger partial charge in [-0.1, -0.05) is 18.2 Å². The van der Waals surface area contributed by atoms with Gasteiger partial charge in [0, 0.05) is 24.8 Å². The van der Waals surface area contributed by atoms with Crippen molar-refractivity contribution in [2.45, 2.75) is 12.5 Å². The van der Waals surface area contributed by atoms with Gasteiger partial charge in [-0.15, -0.1) is 0 Å². The molecule has 5 nitrogen and oxygen atoms in total. The molecule has 1 atom stereocenters. The third kappa shape index (κ3) is 2.24. The zero-order valence-electron chi connectivity index (χ0n) is 10.6. The van der Waals surface area contributed by atoms with Crippen LogP contribution in [0.15, 0.2) is 42.9 Å². The Morgan fingerprint density at radius 2 is 2.11 bits per heavy atom. The van der Waals surface area contributed by atoms with E-state index in [1.807, 2.05) is 34.9 Å². The molecule has 1 aliphatic rings. The smallest absolute Gasteiger partial charge is 0.272 e. The Balaban J connectivity index is 1.90. The van der Waals surface area contributed by atoms with Crippen LogP contribution in [0.5, 0.6) is 0 Å². The van der Waals surface area contributed by atoms with E-state index >= 15 is 0 Å². The average molecular weight is 256 g/mol. The van der Waals surface area contributed by atoms with Crippen molar-refractivity contribution < 1.29 is 4.79 Å². The van der Waals surface area contributed by atoms with Crippen molar-refractivity contribution in [1.82, 2.24) is 14.5 Å². The van der Waals surface area contributed by atoms with Gasteiger partial charge in [-0.25, -0.2) is 4.98 Å². The van der Waals surface area contributed by atoms with Gasteiger partial charge < -0.3 is 10.6 Å². The lowest BCUT2D eigenvalue weighted by Crippen LogP contribution is -2.32. The van der Waals surface area contributed by atoms with Crippen LogP contribution >= 0.6 is 0 Å². The maximum Gasteiger partial charge on any atom is 0.272 e. The summed E-state index contributed by atoms with van der Waals surface area (Å²) in [5, 5.41) is 0. The highest BCUT2D eigenvalue weighted by Crippen LogP contribution is 2.15. The monoisotopic (exact) mass is 256 g/mol. The molecule has 2 N–H and O–H groups in total. The van der Waals surface area contributed by atoms with Crippen molar-refractivity contribution in [3.05, 3.63) is 48.5 Å². The Bertz CT molecular complexity index is 578. The number of likely N-dealkylation sites (tertiary alicyclic amines) is 1. The van der Waals surface area contributed by atoms with Crippen LogP contribution in [0.2, 0.25) is 0 Å². The zero-order valence-corrected chi connectivity index (χ0v) is 10.6. The van der Waals surface area contributed by atoms with E-state index in [4.69, 9.17) is 5.73 Å². The van der Waals surface area contributed by atoms with Crippen molar-refractivity contribution in [3.63, 3.8) is 0 Å². The minimum absolute atomic E-state index is 0.00527. The van der Waals surface area contributed by atoms with Gasteiger partial charge in [0.25, 0.3) is 5.91 Å². The zero-order chi connectivity index (χ0) is 13.2. The molecule has 0 radical (unpaired) electrons. The second kappa shape index (κ2) is 4.85. The first-order chi connectivity index (χ1) is 9.25. The fourth-order valence-electron chi connectivity index (χ4n) is 2.38. The van der Waals surface area contributed by atoms with E-state index in [0.29, 0.717) is 12.2 Å². The van der Waals surface area contributed by atoms with Crippen LogP contribution in [0.3, 0.4) is 0 Å². The van der Waals surface area contributed by atoms with Gasteiger partial charge in [-0.05, 0) is 18.6 Å². The van der Waals surface area contributed by atoms with E-state index < -0.39 is 0 Å². The predicted octanol–water partition coefficient (Wildman–Crippen LogP) is 1.05. The quantitative estimate of drug-likeness (QED) is 0.873. The van der Waals surface area contributed by atoms with Gasteiger partial charge in [0.1, 0.15) is 5.69 Å². The summed E-state index contributed by atoms with van der Waals surface area (Å²) in [6.45, 7) is 1.35. The summed E-state index contributed by atoms with van der Waals surface area (Å²) >= 11 is 0. The molecule has 0 spiro atoms. The highest BCUT2D eigenvalue weighted by atomic mass is 16.2. The average Bonchev–Trinajstić information content (AvgIpc) is 3.07. The summed E-state index contributed by atoms with van der Waals surface area (Å²) in [5.41, 5.74) is 7.37. The van der Waals surface area contributed by atoms with E-state index in [0.717, 1.165) is 18.7 Å². The van der Waals surface area contributed by atoms with Crippen LogP contribution in [0.4, 0.5) is 0 Å². The van der Waals surface area contributed by atoms with Crippen LogP contribution in [-0.4, -0.2) is 39.5 Å². The van der Waals surface area contributed by atoms with Crippen LogP contribution in [-0.2, 0) is 0 Å². The third-order valence-corrected chi connectivity index (χ3v) is 3.40. The molecule has 5 heteroatoms. The number of hydrogen-bond donors (Lipinski definition) is 1. The lowest BCUT2D eigenvalue weighted by Gasteiger charge is -2.16. The Morgan fingerprint density at radius 1 is 1.32 bits per heavy atom. The van der Waals surface area contributed by atoms with Crippen molar-refractivity contribution in [2.24, 2.45) is 5.73 Å². The summed E-state index contributed by atoms with van der Waals surface area (Å²) in [6.07, 6.45) is 4.14. The number of para-hydroxylation sites is 1. The molecule has 0 bridgehead atoms. The molecule has 0 aliphatic carbocycles. The lowest BCUT2D eigenvalue weighted by atomic mass is 10.3. The first kappa shape index (κ1) is 11.9. The van der Waals surface area contributed by atoms with E-state index in [-0.39, 0.29) is 11.9 Å². The standard InChI is InChI=1S/C14H16N4O/c15-11-6-7-17(9-11)14(19)13-8-16-10-18(13)12-4-2-1-3-5-12/h1-5,8,10-11H,6-7,9,15H2/t11-/m1/s1. The van der Waals surface area contributed by atoms with Gasteiger partial charge >= 0.3 is 0 Å². The number of hydrogen-bond acceptors (Lipinski definition) is 3. The van der Waals surface area contributed by atoms with Gasteiger partial charge in [0.05, 0.1) is 12.5 Å². The number of benzene rings is 1. The first-order valence-electron chi connectivity index (χ1n) is 6.38. The molecule has 0 saturated carbocycles. The van der Waals surface area contributed by atoms with Crippen molar-refractivity contribution in [3.8, 4) is 5.69 Å². The number of aromatic nitrogens is 2. The fourth-order valence-corrected chi connectivity index (χ4v) is 2.38. The molecule has 1 aromatic heterocycles. The Labute approximate surface area is 111 Å². The molecule has 2 heterocycles. The van der Waals surface area contributed by atoms with E-state index in [2.05, 4.69) is 4.98 Å². The maximum absolute atomic E-state index is 12.5. The SMILES string of the molecule is N[C@@H]1CCN(C(=O)c2cncn2-c2ccccc2)C1. The van der Waals surface area contributed by atoms with E-state index in [1.54, 1.807) is 17.4 Å². The molecule has 19 heavy (non-hydrogen) atoms. The van der Waals surface area contributed by atoms with Gasteiger partial charge in [-0.2, -0.15) is 0 Å². The minimum Gasteiger partial charge on any atom is -0.336 e. The highest BCUT2D eigenvalue weighted by molar-refractivity contribution is 5.93. The molecule has 2 aromatic rings. The summed E-state index contributed by atoms with van der Waals surface area (Å²) in [6, 6.07) is 9.83. The number of nitrogens with two attached hydrogens (primary N) is 1. The number of amides is 1. The molecule has 1 aliphatic heterocycles. The van der Waals surface area contributed by atoms with E-state index in [9.17, 15) is 4.79 Å². The second-order valence-corrected chi connectivity index (χ2v) is 4.78. The summed E-state index contributed by atoms with van der Waals surface area (Å²) in [5.74, 6) is -0.00527. The van der Waals surface area contributed by atoms with Gasteiger partial charge in [-0.3, -0.25) is 9.36 Å². The molecule has 98 valence electrons. The number of carbonyl (C=O) groups is 1. The normalized spacial score (nSPS) is 18.8. The fraction of sp³-hybridized carbons (Fsp3) is 0.286. The molecular formula is C14H16N4O. The number of nitrogens with zero attached hydrogens (tertiary/aromatic N) is 3. The third-order valence-electron chi connectivity index (χ3n) is 3.40. The number of carbonyl (C=O) groups excluding carboxylic acids is 1. The van der Waals surface area contributed by atoms with Crippen LogP contribution in [0.1, 0.15) is 16.9 Å². The predicted molar refractivity (Wildman–Crippen MR) is 72.1 cm³/mol. The van der Waals surface area contributed by atoms with Crippen LogP contribution in [0, 0.1) is 0 Å². The van der Waals surface area contributed by atoms with Crippen molar-refractivity contribution in [2.75, 3.05) is 13.1 Å². The van der Waals surface area contributed by atoms with Crippen molar-refractivity contribution >= 4 is 5.91 Å². The Morgan fingerprint density at radius 3 is 2.79 bits per heavy atom. The summed E-state index contributed by atoms with van der Waals surface area (Å²) in [4.78, 5) is 18.3. The number of imidazole rings is 1. The van der Waals surface area contributed by atoms with E-state index in [1.165, 1.54) is 0 Å². The lowest BCUT2D eigenvalue weighted by molar-refractivity contribution is 0.0783. The molecule has 1 saturated heterocycles. The highest BCUT2D eigenvalue weighted by Gasteiger charge is 2.26. The molecule has 0 unspecified atom stereocenters. The molecule has 3 rings (SSSR count).